The third-order valence-electron chi connectivity index (χ3n) is 2.78. The number of aliphatic hydroxyl groups is 1. The monoisotopic (exact) mass is 243 g/mol. The fourth-order valence-electron chi connectivity index (χ4n) is 1.42. The minimum absolute atomic E-state index is 0.0424. The Balaban J connectivity index is 3.71. The van der Waals surface area contributed by atoms with Crippen molar-refractivity contribution in [2.24, 2.45) is 11.1 Å². The molecule has 98 valence electrons. The van der Waals surface area contributed by atoms with Crippen molar-refractivity contribution in [3.8, 4) is 0 Å². The van der Waals surface area contributed by atoms with E-state index in [1.54, 1.807) is 0 Å². The van der Waals surface area contributed by atoms with Gasteiger partial charge in [0.15, 0.2) is 0 Å². The second-order valence-corrected chi connectivity index (χ2v) is 3.99. The second kappa shape index (κ2) is 7.09. The lowest BCUT2D eigenvalue weighted by molar-refractivity contribution is -0.174. The summed E-state index contributed by atoms with van der Waals surface area (Å²) in [6, 6.07) is 0. The van der Waals surface area contributed by atoms with E-state index in [1.165, 1.54) is 0 Å². The number of hydrogen-bond acceptors (Lipinski definition) is 3. The van der Waals surface area contributed by atoms with Crippen LogP contribution in [-0.4, -0.2) is 37.6 Å². The Labute approximate surface area is 93.8 Å². The van der Waals surface area contributed by atoms with Crippen molar-refractivity contribution in [1.82, 2.24) is 0 Å². The third-order valence-corrected chi connectivity index (χ3v) is 2.78. The van der Waals surface area contributed by atoms with Gasteiger partial charge < -0.3 is 15.6 Å². The molecule has 0 aliphatic heterocycles. The summed E-state index contributed by atoms with van der Waals surface area (Å²) in [5.41, 5.74) is 5.16. The van der Waals surface area contributed by atoms with Crippen molar-refractivity contribution < 1.29 is 23.0 Å². The molecule has 0 amide bonds. The van der Waals surface area contributed by atoms with Crippen LogP contribution in [0.5, 0.6) is 0 Å². The van der Waals surface area contributed by atoms with Gasteiger partial charge in [0.05, 0.1) is 0 Å². The lowest BCUT2D eigenvalue weighted by Gasteiger charge is -2.28. The number of alkyl halides is 3. The zero-order valence-electron chi connectivity index (χ0n) is 9.52. The minimum Gasteiger partial charge on any atom is -0.396 e. The van der Waals surface area contributed by atoms with Gasteiger partial charge in [-0.1, -0.05) is 6.92 Å². The van der Waals surface area contributed by atoms with E-state index < -0.39 is 12.8 Å². The zero-order chi connectivity index (χ0) is 12.7. The lowest BCUT2D eigenvalue weighted by Crippen LogP contribution is -2.34. The van der Waals surface area contributed by atoms with Crippen LogP contribution in [0.15, 0.2) is 0 Å². The largest absolute Gasteiger partial charge is 0.411 e. The standard InChI is InChI=1S/C10H20F3NO2/c1-2-9(6-14,7-15)4-3-5-16-8-10(11,12)13/h15H,2-8,14H2,1H3. The van der Waals surface area contributed by atoms with Gasteiger partial charge in [0.1, 0.15) is 6.61 Å². The SMILES string of the molecule is CCC(CN)(CO)CCCOCC(F)(F)F. The first-order valence-corrected chi connectivity index (χ1v) is 5.34. The van der Waals surface area contributed by atoms with Crippen LogP contribution < -0.4 is 5.73 Å². The maximum Gasteiger partial charge on any atom is 0.411 e. The Kier molecular flexibility index (Phi) is 6.94. The summed E-state index contributed by atoms with van der Waals surface area (Å²) in [4.78, 5) is 0. The van der Waals surface area contributed by atoms with Crippen molar-refractivity contribution in [2.45, 2.75) is 32.4 Å². The molecule has 0 aromatic rings. The van der Waals surface area contributed by atoms with Crippen LogP contribution >= 0.6 is 0 Å². The molecule has 0 aromatic heterocycles. The highest BCUT2D eigenvalue weighted by atomic mass is 19.4. The van der Waals surface area contributed by atoms with Crippen molar-refractivity contribution in [3.05, 3.63) is 0 Å². The molecule has 0 aliphatic carbocycles. The molecule has 0 saturated heterocycles. The first kappa shape index (κ1) is 15.7. The third kappa shape index (κ3) is 6.30. The quantitative estimate of drug-likeness (QED) is 0.638. The lowest BCUT2D eigenvalue weighted by atomic mass is 9.82. The molecular formula is C10H20F3NO2. The number of aliphatic hydroxyl groups excluding tert-OH is 1. The van der Waals surface area contributed by atoms with Crippen molar-refractivity contribution >= 4 is 0 Å². The summed E-state index contributed by atoms with van der Waals surface area (Å²) in [6.07, 6.45) is -2.51. The summed E-state index contributed by atoms with van der Waals surface area (Å²) in [5, 5.41) is 9.16. The smallest absolute Gasteiger partial charge is 0.396 e. The maximum atomic E-state index is 11.7. The van der Waals surface area contributed by atoms with Crippen molar-refractivity contribution in [2.75, 3.05) is 26.4 Å². The first-order chi connectivity index (χ1) is 7.39. The first-order valence-electron chi connectivity index (χ1n) is 5.34. The van der Waals surface area contributed by atoms with Gasteiger partial charge in [0, 0.05) is 25.2 Å². The van der Waals surface area contributed by atoms with Gasteiger partial charge in [-0.3, -0.25) is 0 Å². The average Bonchev–Trinajstić information content (AvgIpc) is 2.23. The molecule has 0 fully saturated rings. The highest BCUT2D eigenvalue weighted by molar-refractivity contribution is 4.77. The van der Waals surface area contributed by atoms with Gasteiger partial charge in [-0.25, -0.2) is 0 Å². The van der Waals surface area contributed by atoms with E-state index in [0.717, 1.165) is 0 Å². The van der Waals surface area contributed by atoms with E-state index in [0.29, 0.717) is 25.8 Å². The van der Waals surface area contributed by atoms with Gasteiger partial charge in [-0.15, -0.1) is 0 Å². The van der Waals surface area contributed by atoms with Crippen molar-refractivity contribution in [1.29, 1.82) is 0 Å². The van der Waals surface area contributed by atoms with Crippen molar-refractivity contribution in [3.63, 3.8) is 0 Å². The predicted molar refractivity (Wildman–Crippen MR) is 55.0 cm³/mol. The molecule has 0 rings (SSSR count). The van der Waals surface area contributed by atoms with Gasteiger partial charge >= 0.3 is 6.18 Å². The molecule has 0 radical (unpaired) electrons. The van der Waals surface area contributed by atoms with E-state index in [9.17, 15) is 13.2 Å². The number of halogens is 3. The molecule has 16 heavy (non-hydrogen) atoms. The highest BCUT2D eigenvalue weighted by Crippen LogP contribution is 2.26. The Hall–Kier alpha value is -0.330. The van der Waals surface area contributed by atoms with Crippen LogP contribution in [0.2, 0.25) is 0 Å². The summed E-state index contributed by atoms with van der Waals surface area (Å²) in [5.74, 6) is 0. The molecule has 0 spiro atoms. The number of ether oxygens (including phenoxy) is 1. The molecule has 0 aliphatic rings. The molecule has 3 nitrogen and oxygen atoms in total. The minimum atomic E-state index is -4.27. The van der Waals surface area contributed by atoms with E-state index in [-0.39, 0.29) is 18.6 Å². The highest BCUT2D eigenvalue weighted by Gasteiger charge is 2.28. The molecule has 0 saturated carbocycles. The molecule has 0 bridgehead atoms. The maximum absolute atomic E-state index is 11.7. The van der Waals surface area contributed by atoms with E-state index in [4.69, 9.17) is 10.8 Å². The van der Waals surface area contributed by atoms with E-state index in [1.807, 2.05) is 6.92 Å². The fraction of sp³-hybridized carbons (Fsp3) is 1.00. The van der Waals surface area contributed by atoms with Gasteiger partial charge in [-0.2, -0.15) is 13.2 Å². The number of hydrogen-bond donors (Lipinski definition) is 2. The number of rotatable bonds is 8. The molecule has 1 unspecified atom stereocenters. The van der Waals surface area contributed by atoms with Gasteiger partial charge in [0.25, 0.3) is 0 Å². The number of nitrogens with two attached hydrogens (primary N) is 1. The molecule has 6 heteroatoms. The molecule has 1 atom stereocenters. The Morgan fingerprint density at radius 2 is 1.94 bits per heavy atom. The molecule has 3 N–H and O–H groups in total. The van der Waals surface area contributed by atoms with E-state index in [2.05, 4.69) is 4.74 Å². The normalized spacial score (nSPS) is 16.1. The fourth-order valence-corrected chi connectivity index (χ4v) is 1.42. The van der Waals surface area contributed by atoms with Crippen LogP contribution in [0, 0.1) is 5.41 Å². The molecule has 0 heterocycles. The summed E-state index contributed by atoms with van der Waals surface area (Å²) in [7, 11) is 0. The van der Waals surface area contributed by atoms with Crippen LogP contribution in [0.4, 0.5) is 13.2 Å². The van der Waals surface area contributed by atoms with Crippen LogP contribution in [-0.2, 0) is 4.74 Å². The van der Waals surface area contributed by atoms with E-state index >= 15 is 0 Å². The molecule has 0 aromatic carbocycles. The summed E-state index contributed by atoms with van der Waals surface area (Å²) in [6.45, 7) is 1.02. The van der Waals surface area contributed by atoms with Crippen LogP contribution in [0.1, 0.15) is 26.2 Å². The van der Waals surface area contributed by atoms with Gasteiger partial charge in [-0.05, 0) is 19.3 Å². The average molecular weight is 243 g/mol. The van der Waals surface area contributed by atoms with Crippen LogP contribution in [0.3, 0.4) is 0 Å². The topological polar surface area (TPSA) is 55.5 Å². The van der Waals surface area contributed by atoms with Crippen LogP contribution in [0.25, 0.3) is 0 Å². The Morgan fingerprint density at radius 3 is 2.31 bits per heavy atom. The Bertz CT molecular complexity index is 173. The van der Waals surface area contributed by atoms with Gasteiger partial charge in [0.2, 0.25) is 0 Å². The summed E-state index contributed by atoms with van der Waals surface area (Å²) < 4.78 is 39.7. The summed E-state index contributed by atoms with van der Waals surface area (Å²) >= 11 is 0. The molecular weight excluding hydrogens is 223 g/mol. The predicted octanol–water partition coefficient (Wildman–Crippen LogP) is 1.69. The zero-order valence-corrected chi connectivity index (χ0v) is 9.52. The Morgan fingerprint density at radius 1 is 1.31 bits per heavy atom. The second-order valence-electron chi connectivity index (χ2n) is 3.99.